The first-order chi connectivity index (χ1) is 8.22. The second-order valence-electron chi connectivity index (χ2n) is 4.28. The van der Waals surface area contributed by atoms with Gasteiger partial charge in [-0.3, -0.25) is 4.79 Å². The molecule has 0 radical (unpaired) electrons. The van der Waals surface area contributed by atoms with Gasteiger partial charge in [0.15, 0.2) is 0 Å². The molecule has 0 saturated heterocycles. The maximum atomic E-state index is 11.5. The first-order valence-electron chi connectivity index (χ1n) is 6.01. The molecule has 2 N–H and O–H groups in total. The van der Waals surface area contributed by atoms with Crippen LogP contribution in [0.25, 0.3) is 10.9 Å². The molecule has 0 saturated carbocycles. The Morgan fingerprint density at radius 1 is 1.41 bits per heavy atom. The van der Waals surface area contributed by atoms with Gasteiger partial charge in [-0.2, -0.15) is 0 Å². The van der Waals surface area contributed by atoms with Crippen LogP contribution in [0.3, 0.4) is 0 Å². The summed E-state index contributed by atoms with van der Waals surface area (Å²) in [6, 6.07) is 8.09. The summed E-state index contributed by atoms with van der Waals surface area (Å²) in [6.45, 7) is 4.47. The van der Waals surface area contributed by atoms with Crippen LogP contribution in [0, 0.1) is 0 Å². The predicted molar refractivity (Wildman–Crippen MR) is 70.1 cm³/mol. The molecular formula is C14H18N2O. The zero-order chi connectivity index (χ0) is 12.3. The third-order valence-electron chi connectivity index (χ3n) is 3.04. The Bertz CT molecular complexity index is 516. The van der Waals surface area contributed by atoms with Crippen molar-refractivity contribution in [3.8, 4) is 0 Å². The molecule has 3 heteroatoms. The number of para-hydroxylation sites is 1. The molecule has 0 bridgehead atoms. The molecule has 0 aliphatic carbocycles. The molecule has 2 rings (SSSR count). The quantitative estimate of drug-likeness (QED) is 0.827. The average molecular weight is 230 g/mol. The van der Waals surface area contributed by atoms with Gasteiger partial charge in [0.2, 0.25) is 0 Å². The zero-order valence-corrected chi connectivity index (χ0v) is 10.3. The lowest BCUT2D eigenvalue weighted by Gasteiger charge is -2.13. The van der Waals surface area contributed by atoms with Crippen molar-refractivity contribution >= 4 is 16.7 Å². The van der Waals surface area contributed by atoms with Crippen molar-refractivity contribution in [3.63, 3.8) is 0 Å². The Balaban J connectivity index is 2.25. The third-order valence-corrected chi connectivity index (χ3v) is 3.04. The van der Waals surface area contributed by atoms with E-state index < -0.39 is 0 Å². The van der Waals surface area contributed by atoms with Crippen LogP contribution in [-0.4, -0.2) is 23.4 Å². The van der Waals surface area contributed by atoms with Crippen molar-refractivity contribution < 1.29 is 4.79 Å². The molecular weight excluding hydrogens is 212 g/mol. The lowest BCUT2D eigenvalue weighted by molar-refractivity contribution is -0.118. The number of fused-ring (bicyclic) bond motifs is 1. The van der Waals surface area contributed by atoms with Crippen LogP contribution in [0.5, 0.6) is 0 Å². The number of aromatic nitrogens is 1. The van der Waals surface area contributed by atoms with E-state index in [0.29, 0.717) is 0 Å². The number of likely N-dealkylation sites (N-methyl/N-ethyl adjacent to an activating group) is 1. The van der Waals surface area contributed by atoms with Crippen LogP contribution in [0.15, 0.2) is 30.5 Å². The summed E-state index contributed by atoms with van der Waals surface area (Å²) in [5.74, 6) is 0.192. The number of hydrogen-bond acceptors (Lipinski definition) is 2. The van der Waals surface area contributed by atoms with E-state index in [9.17, 15) is 4.79 Å². The van der Waals surface area contributed by atoms with E-state index in [-0.39, 0.29) is 11.8 Å². The molecule has 0 aliphatic heterocycles. The molecule has 0 aliphatic rings. The molecule has 1 aromatic carbocycles. The Morgan fingerprint density at radius 3 is 2.88 bits per heavy atom. The zero-order valence-electron chi connectivity index (χ0n) is 10.3. The van der Waals surface area contributed by atoms with Gasteiger partial charge in [-0.05, 0) is 31.5 Å². The molecule has 17 heavy (non-hydrogen) atoms. The number of hydrogen-bond donors (Lipinski definition) is 2. The highest BCUT2D eigenvalue weighted by Crippen LogP contribution is 2.19. The molecule has 3 nitrogen and oxygen atoms in total. The van der Waals surface area contributed by atoms with E-state index in [4.69, 9.17) is 0 Å². The fourth-order valence-electron chi connectivity index (χ4n) is 2.13. The fraction of sp³-hybridized carbons (Fsp3) is 0.357. The van der Waals surface area contributed by atoms with Gasteiger partial charge in [0.05, 0.1) is 6.04 Å². The molecule has 2 aromatic rings. The third kappa shape index (κ3) is 2.56. The number of rotatable bonds is 5. The minimum Gasteiger partial charge on any atom is -0.361 e. The van der Waals surface area contributed by atoms with Crippen LogP contribution in [0.2, 0.25) is 0 Å². The lowest BCUT2D eigenvalue weighted by atomic mass is 10.0. The SMILES string of the molecule is CCNC(Cc1c[nH]c2ccccc12)C(C)=O. The minimum absolute atomic E-state index is 0.0841. The molecule has 90 valence electrons. The lowest BCUT2D eigenvalue weighted by Crippen LogP contribution is -2.36. The molecule has 1 unspecified atom stereocenters. The first-order valence-corrected chi connectivity index (χ1v) is 6.01. The van der Waals surface area contributed by atoms with Crippen molar-refractivity contribution in [2.24, 2.45) is 0 Å². The molecule has 0 spiro atoms. The van der Waals surface area contributed by atoms with Gasteiger partial charge < -0.3 is 10.3 Å². The highest BCUT2D eigenvalue weighted by Gasteiger charge is 2.15. The van der Waals surface area contributed by atoms with Gasteiger partial charge >= 0.3 is 0 Å². The van der Waals surface area contributed by atoms with Crippen molar-refractivity contribution in [3.05, 3.63) is 36.0 Å². The smallest absolute Gasteiger partial charge is 0.147 e. The molecule has 0 amide bonds. The highest BCUT2D eigenvalue weighted by molar-refractivity contribution is 5.86. The van der Waals surface area contributed by atoms with Gasteiger partial charge in [0.25, 0.3) is 0 Å². The van der Waals surface area contributed by atoms with Crippen LogP contribution in [0.1, 0.15) is 19.4 Å². The number of nitrogens with one attached hydrogen (secondary N) is 2. The van der Waals surface area contributed by atoms with Gasteiger partial charge in [-0.15, -0.1) is 0 Å². The maximum absolute atomic E-state index is 11.5. The Hall–Kier alpha value is -1.61. The predicted octanol–water partition coefficient (Wildman–Crippen LogP) is 2.28. The van der Waals surface area contributed by atoms with Gasteiger partial charge in [-0.1, -0.05) is 25.1 Å². The van der Waals surface area contributed by atoms with Gasteiger partial charge in [0, 0.05) is 17.1 Å². The highest BCUT2D eigenvalue weighted by atomic mass is 16.1. The van der Waals surface area contributed by atoms with E-state index in [2.05, 4.69) is 22.4 Å². The summed E-state index contributed by atoms with van der Waals surface area (Å²) < 4.78 is 0. The summed E-state index contributed by atoms with van der Waals surface area (Å²) in [6.07, 6.45) is 2.74. The first kappa shape index (κ1) is 11.9. The van der Waals surface area contributed by atoms with Crippen LogP contribution >= 0.6 is 0 Å². The summed E-state index contributed by atoms with van der Waals surface area (Å²) in [5, 5.41) is 4.43. The topological polar surface area (TPSA) is 44.9 Å². The van der Waals surface area contributed by atoms with Gasteiger partial charge in [0.1, 0.15) is 5.78 Å². The number of benzene rings is 1. The molecule has 1 atom stereocenters. The monoisotopic (exact) mass is 230 g/mol. The number of Topliss-reactive ketones (excluding diaryl/α,β-unsaturated/α-hetero) is 1. The standard InChI is InChI=1S/C14H18N2O/c1-3-15-14(10(2)17)8-11-9-16-13-7-5-4-6-12(11)13/h4-7,9,14-16H,3,8H2,1-2H3. The second kappa shape index (κ2) is 5.15. The Kier molecular flexibility index (Phi) is 3.59. The van der Waals surface area contributed by atoms with Gasteiger partial charge in [-0.25, -0.2) is 0 Å². The Labute approximate surface area is 101 Å². The number of carbonyl (C=O) groups excluding carboxylic acids is 1. The minimum atomic E-state index is -0.0841. The molecule has 1 aromatic heterocycles. The summed E-state index contributed by atoms with van der Waals surface area (Å²) in [4.78, 5) is 14.8. The summed E-state index contributed by atoms with van der Waals surface area (Å²) >= 11 is 0. The number of carbonyl (C=O) groups is 1. The van der Waals surface area contributed by atoms with Crippen molar-refractivity contribution in [2.75, 3.05) is 6.54 Å². The van der Waals surface area contributed by atoms with Crippen molar-refractivity contribution in [1.82, 2.24) is 10.3 Å². The Morgan fingerprint density at radius 2 is 2.18 bits per heavy atom. The average Bonchev–Trinajstić information content (AvgIpc) is 2.72. The maximum Gasteiger partial charge on any atom is 0.147 e. The van der Waals surface area contributed by atoms with E-state index in [1.807, 2.05) is 25.3 Å². The van der Waals surface area contributed by atoms with E-state index >= 15 is 0 Å². The van der Waals surface area contributed by atoms with Crippen LogP contribution in [0.4, 0.5) is 0 Å². The van der Waals surface area contributed by atoms with Crippen LogP contribution < -0.4 is 5.32 Å². The number of aromatic amines is 1. The molecule has 1 heterocycles. The van der Waals surface area contributed by atoms with Crippen LogP contribution in [-0.2, 0) is 11.2 Å². The number of H-pyrrole nitrogens is 1. The summed E-state index contributed by atoms with van der Waals surface area (Å²) in [5.41, 5.74) is 2.32. The fourth-order valence-corrected chi connectivity index (χ4v) is 2.13. The van der Waals surface area contributed by atoms with Crippen molar-refractivity contribution in [1.29, 1.82) is 0 Å². The number of ketones is 1. The largest absolute Gasteiger partial charge is 0.361 e. The van der Waals surface area contributed by atoms with E-state index in [1.165, 1.54) is 10.9 Å². The van der Waals surface area contributed by atoms with Crippen molar-refractivity contribution in [2.45, 2.75) is 26.3 Å². The normalized spacial score (nSPS) is 12.8. The molecule has 0 fully saturated rings. The summed E-state index contributed by atoms with van der Waals surface area (Å²) in [7, 11) is 0. The van der Waals surface area contributed by atoms with E-state index in [0.717, 1.165) is 18.5 Å². The van der Waals surface area contributed by atoms with E-state index in [1.54, 1.807) is 6.92 Å². The second-order valence-corrected chi connectivity index (χ2v) is 4.28.